The van der Waals surface area contributed by atoms with Crippen molar-refractivity contribution >= 4 is 11.3 Å². The zero-order valence-corrected chi connectivity index (χ0v) is 15.4. The molecule has 0 radical (unpaired) electrons. The van der Waals surface area contributed by atoms with Gasteiger partial charge in [-0.3, -0.25) is 4.90 Å². The van der Waals surface area contributed by atoms with Crippen LogP contribution in [0.4, 0.5) is 0 Å². The van der Waals surface area contributed by atoms with Crippen LogP contribution in [0.2, 0.25) is 0 Å². The highest BCUT2D eigenvalue weighted by molar-refractivity contribution is 7.10. The molecular weight excluding hydrogens is 316 g/mol. The van der Waals surface area contributed by atoms with E-state index in [9.17, 15) is 5.11 Å². The van der Waals surface area contributed by atoms with Crippen LogP contribution in [0.5, 0.6) is 0 Å². The van der Waals surface area contributed by atoms with Gasteiger partial charge < -0.3 is 10.4 Å². The number of piperidine rings is 1. The summed E-state index contributed by atoms with van der Waals surface area (Å²) in [5, 5.41) is 15.2. The lowest BCUT2D eigenvalue weighted by molar-refractivity contribution is 0.120. The molecule has 24 heavy (non-hydrogen) atoms. The molecule has 3 atom stereocenters. The van der Waals surface area contributed by atoms with Crippen molar-refractivity contribution in [1.29, 1.82) is 0 Å². The molecule has 1 aliphatic heterocycles. The molecule has 2 heterocycles. The van der Waals surface area contributed by atoms with Crippen LogP contribution in [0.3, 0.4) is 0 Å². The second kappa shape index (κ2) is 8.26. The molecule has 0 aliphatic carbocycles. The van der Waals surface area contributed by atoms with E-state index in [-0.39, 0.29) is 6.61 Å². The summed E-state index contributed by atoms with van der Waals surface area (Å²) in [7, 11) is 2.25. The third-order valence-electron chi connectivity index (χ3n) is 5.16. The van der Waals surface area contributed by atoms with Crippen molar-refractivity contribution in [2.45, 2.75) is 38.5 Å². The SMILES string of the molecule is CC(NCC1CCCN(C)C1c1cccs1)c1cccc(CO)c1. The Labute approximate surface area is 149 Å². The number of thiophene rings is 1. The number of hydrogen-bond donors (Lipinski definition) is 2. The Morgan fingerprint density at radius 3 is 2.96 bits per heavy atom. The largest absolute Gasteiger partial charge is 0.392 e. The Morgan fingerprint density at radius 2 is 2.21 bits per heavy atom. The smallest absolute Gasteiger partial charge is 0.0681 e. The van der Waals surface area contributed by atoms with Crippen LogP contribution in [0.15, 0.2) is 41.8 Å². The lowest BCUT2D eigenvalue weighted by Gasteiger charge is -2.39. The molecule has 3 nitrogen and oxygen atoms in total. The predicted octanol–water partition coefficient (Wildman–Crippen LogP) is 3.97. The molecule has 1 saturated heterocycles. The van der Waals surface area contributed by atoms with Crippen LogP contribution in [-0.2, 0) is 6.61 Å². The highest BCUT2D eigenvalue weighted by Gasteiger charge is 2.31. The Balaban J connectivity index is 1.65. The van der Waals surface area contributed by atoms with E-state index in [0.717, 1.165) is 12.1 Å². The molecule has 1 aliphatic rings. The second-order valence-electron chi connectivity index (χ2n) is 6.88. The Bertz CT molecular complexity index is 628. The number of aliphatic hydroxyl groups excluding tert-OH is 1. The van der Waals surface area contributed by atoms with Gasteiger partial charge in [-0.15, -0.1) is 11.3 Å². The number of nitrogens with one attached hydrogen (secondary N) is 1. The normalized spacial score (nSPS) is 23.3. The van der Waals surface area contributed by atoms with E-state index < -0.39 is 0 Å². The number of hydrogen-bond acceptors (Lipinski definition) is 4. The minimum absolute atomic E-state index is 0.106. The quantitative estimate of drug-likeness (QED) is 0.832. The lowest BCUT2D eigenvalue weighted by Crippen LogP contribution is -2.40. The van der Waals surface area contributed by atoms with Crippen molar-refractivity contribution in [1.82, 2.24) is 10.2 Å². The summed E-state index contributed by atoms with van der Waals surface area (Å²) in [4.78, 5) is 4.00. The fraction of sp³-hybridized carbons (Fsp3) is 0.500. The first kappa shape index (κ1) is 17.6. The van der Waals surface area contributed by atoms with E-state index in [0.29, 0.717) is 18.0 Å². The first-order valence-electron chi connectivity index (χ1n) is 8.85. The summed E-state index contributed by atoms with van der Waals surface area (Å²) in [6, 6.07) is 13.5. The highest BCUT2D eigenvalue weighted by Crippen LogP contribution is 2.37. The molecule has 0 bridgehead atoms. The van der Waals surface area contributed by atoms with Gasteiger partial charge >= 0.3 is 0 Å². The van der Waals surface area contributed by atoms with E-state index >= 15 is 0 Å². The molecule has 4 heteroatoms. The van der Waals surface area contributed by atoms with E-state index in [1.54, 1.807) is 0 Å². The standard InChI is InChI=1S/C20H28N2OS/c1-15(17-7-3-6-16(12-17)14-23)21-13-18-8-4-10-22(2)20(18)19-9-5-11-24-19/h3,5-7,9,11-12,15,18,20-21,23H,4,8,10,13-14H2,1-2H3. The molecule has 2 N–H and O–H groups in total. The fourth-order valence-electron chi connectivity index (χ4n) is 3.79. The number of nitrogens with zero attached hydrogens (tertiary/aromatic N) is 1. The molecule has 0 saturated carbocycles. The van der Waals surface area contributed by atoms with E-state index in [2.05, 4.69) is 53.8 Å². The zero-order chi connectivity index (χ0) is 16.9. The van der Waals surface area contributed by atoms with Crippen LogP contribution in [0, 0.1) is 5.92 Å². The molecule has 1 aromatic heterocycles. The number of benzene rings is 1. The van der Waals surface area contributed by atoms with Gasteiger partial charge in [0.15, 0.2) is 0 Å². The molecule has 1 fully saturated rings. The van der Waals surface area contributed by atoms with Gasteiger partial charge in [0.1, 0.15) is 0 Å². The first-order chi connectivity index (χ1) is 11.7. The van der Waals surface area contributed by atoms with Crippen molar-refractivity contribution in [2.24, 2.45) is 5.92 Å². The molecular formula is C20H28N2OS. The molecule has 130 valence electrons. The van der Waals surface area contributed by atoms with Crippen molar-refractivity contribution in [3.8, 4) is 0 Å². The van der Waals surface area contributed by atoms with Crippen LogP contribution in [0.25, 0.3) is 0 Å². The van der Waals surface area contributed by atoms with Gasteiger partial charge in [0.2, 0.25) is 0 Å². The third kappa shape index (κ3) is 4.06. The van der Waals surface area contributed by atoms with E-state index in [1.807, 2.05) is 23.5 Å². The first-order valence-corrected chi connectivity index (χ1v) is 9.73. The van der Waals surface area contributed by atoms with Crippen LogP contribution < -0.4 is 5.32 Å². The topological polar surface area (TPSA) is 35.5 Å². The van der Waals surface area contributed by atoms with Gasteiger partial charge in [-0.25, -0.2) is 0 Å². The van der Waals surface area contributed by atoms with Crippen molar-refractivity contribution < 1.29 is 5.11 Å². The average molecular weight is 345 g/mol. The van der Waals surface area contributed by atoms with Crippen LogP contribution in [0.1, 0.15) is 47.9 Å². The predicted molar refractivity (Wildman–Crippen MR) is 101 cm³/mol. The summed E-state index contributed by atoms with van der Waals surface area (Å²) < 4.78 is 0. The maximum absolute atomic E-state index is 9.32. The maximum atomic E-state index is 9.32. The summed E-state index contributed by atoms with van der Waals surface area (Å²) in [5.41, 5.74) is 2.23. The van der Waals surface area contributed by atoms with Gasteiger partial charge in [0.05, 0.1) is 6.61 Å². The highest BCUT2D eigenvalue weighted by atomic mass is 32.1. The monoisotopic (exact) mass is 344 g/mol. The van der Waals surface area contributed by atoms with Gasteiger partial charge in [-0.05, 0) is 61.8 Å². The summed E-state index contributed by atoms with van der Waals surface area (Å²) in [6.45, 7) is 4.53. The Morgan fingerprint density at radius 1 is 1.33 bits per heavy atom. The molecule has 2 aromatic rings. The summed E-state index contributed by atoms with van der Waals surface area (Å²) in [5.74, 6) is 0.644. The van der Waals surface area contributed by atoms with Crippen molar-refractivity contribution in [3.05, 3.63) is 57.8 Å². The zero-order valence-electron chi connectivity index (χ0n) is 14.6. The number of likely N-dealkylation sites (tertiary alicyclic amines) is 1. The number of aliphatic hydroxyl groups is 1. The molecule has 1 aromatic carbocycles. The average Bonchev–Trinajstić information content (AvgIpc) is 3.13. The molecule has 3 rings (SSSR count). The summed E-state index contributed by atoms with van der Waals surface area (Å²) >= 11 is 1.88. The third-order valence-corrected chi connectivity index (χ3v) is 6.10. The maximum Gasteiger partial charge on any atom is 0.0681 e. The van der Waals surface area contributed by atoms with E-state index in [1.165, 1.54) is 29.8 Å². The Kier molecular flexibility index (Phi) is 6.06. The van der Waals surface area contributed by atoms with E-state index in [4.69, 9.17) is 0 Å². The molecule has 3 unspecified atom stereocenters. The molecule has 0 spiro atoms. The van der Waals surface area contributed by atoms with Crippen molar-refractivity contribution in [3.63, 3.8) is 0 Å². The van der Waals surface area contributed by atoms with Gasteiger partial charge in [-0.1, -0.05) is 30.3 Å². The minimum Gasteiger partial charge on any atom is -0.392 e. The Hall–Kier alpha value is -1.20. The van der Waals surface area contributed by atoms with Gasteiger partial charge in [0, 0.05) is 23.5 Å². The van der Waals surface area contributed by atoms with Crippen LogP contribution >= 0.6 is 11.3 Å². The fourth-order valence-corrected chi connectivity index (χ4v) is 4.77. The van der Waals surface area contributed by atoms with Crippen LogP contribution in [-0.4, -0.2) is 30.1 Å². The summed E-state index contributed by atoms with van der Waals surface area (Å²) in [6.07, 6.45) is 2.56. The lowest BCUT2D eigenvalue weighted by atomic mass is 9.88. The molecule has 0 amide bonds. The minimum atomic E-state index is 0.106. The van der Waals surface area contributed by atoms with Gasteiger partial charge in [-0.2, -0.15) is 0 Å². The number of rotatable bonds is 6. The van der Waals surface area contributed by atoms with Gasteiger partial charge in [0.25, 0.3) is 0 Å². The van der Waals surface area contributed by atoms with Crippen molar-refractivity contribution in [2.75, 3.05) is 20.1 Å². The second-order valence-corrected chi connectivity index (χ2v) is 7.86.